The average molecular weight is 239 g/mol. The Labute approximate surface area is 107 Å². The molecule has 2 N–H and O–H groups in total. The van der Waals surface area contributed by atoms with Crippen LogP contribution in [0, 0.1) is 6.92 Å². The standard InChI is InChI=1S/C15H17N3/c1-10-4-3-5-11(8-10)14-17-9-12-6-7-15(2,16)13(12)18-14/h3-5,8-9H,6-7,16H2,1-2H3. The zero-order chi connectivity index (χ0) is 12.8. The van der Waals surface area contributed by atoms with Gasteiger partial charge in [-0.15, -0.1) is 0 Å². The van der Waals surface area contributed by atoms with Crippen molar-refractivity contribution in [3.8, 4) is 11.4 Å². The summed E-state index contributed by atoms with van der Waals surface area (Å²) in [5.41, 5.74) is 10.4. The summed E-state index contributed by atoms with van der Waals surface area (Å²) in [5, 5.41) is 0. The van der Waals surface area contributed by atoms with Crippen molar-refractivity contribution in [2.24, 2.45) is 5.73 Å². The van der Waals surface area contributed by atoms with Gasteiger partial charge in [0.1, 0.15) is 0 Å². The lowest BCUT2D eigenvalue weighted by atomic mass is 10.0. The van der Waals surface area contributed by atoms with Gasteiger partial charge in [0.25, 0.3) is 0 Å². The number of fused-ring (bicyclic) bond motifs is 1. The molecule has 1 aromatic carbocycles. The summed E-state index contributed by atoms with van der Waals surface area (Å²) in [6.07, 6.45) is 3.86. The van der Waals surface area contributed by atoms with Gasteiger partial charge in [-0.05, 0) is 38.3 Å². The van der Waals surface area contributed by atoms with Gasteiger partial charge in [-0.1, -0.05) is 23.8 Å². The van der Waals surface area contributed by atoms with Crippen molar-refractivity contribution >= 4 is 0 Å². The van der Waals surface area contributed by atoms with E-state index in [1.165, 1.54) is 11.1 Å². The minimum atomic E-state index is -0.309. The van der Waals surface area contributed by atoms with Crippen LogP contribution in [0.1, 0.15) is 30.2 Å². The maximum Gasteiger partial charge on any atom is 0.159 e. The van der Waals surface area contributed by atoms with Crippen LogP contribution < -0.4 is 5.73 Å². The number of aromatic nitrogens is 2. The molecule has 0 amide bonds. The van der Waals surface area contributed by atoms with Gasteiger partial charge in [-0.25, -0.2) is 9.97 Å². The Morgan fingerprint density at radius 2 is 2.17 bits per heavy atom. The Bertz CT molecular complexity index is 602. The number of nitrogens with two attached hydrogens (primary N) is 1. The van der Waals surface area contributed by atoms with Gasteiger partial charge < -0.3 is 5.73 Å². The summed E-state index contributed by atoms with van der Waals surface area (Å²) in [5.74, 6) is 0.774. The number of hydrogen-bond donors (Lipinski definition) is 1. The van der Waals surface area contributed by atoms with Gasteiger partial charge in [0.15, 0.2) is 5.82 Å². The van der Waals surface area contributed by atoms with Gasteiger partial charge in [0.05, 0.1) is 11.2 Å². The molecule has 1 atom stereocenters. The second-order valence-electron chi connectivity index (χ2n) is 5.35. The van der Waals surface area contributed by atoms with Crippen LogP contribution in [0.25, 0.3) is 11.4 Å². The molecule has 0 spiro atoms. The topological polar surface area (TPSA) is 51.8 Å². The summed E-state index contributed by atoms with van der Waals surface area (Å²) in [6.45, 7) is 4.12. The third-order valence-electron chi connectivity index (χ3n) is 3.60. The lowest BCUT2D eigenvalue weighted by Gasteiger charge is -2.18. The molecule has 18 heavy (non-hydrogen) atoms. The number of hydrogen-bond acceptors (Lipinski definition) is 3. The minimum Gasteiger partial charge on any atom is -0.320 e. The molecule has 0 fully saturated rings. The van der Waals surface area contributed by atoms with E-state index in [0.717, 1.165) is 29.9 Å². The Balaban J connectivity index is 2.11. The largest absolute Gasteiger partial charge is 0.320 e. The molecule has 3 heteroatoms. The summed E-state index contributed by atoms with van der Waals surface area (Å²) in [4.78, 5) is 9.14. The number of nitrogens with zero attached hydrogens (tertiary/aromatic N) is 2. The van der Waals surface area contributed by atoms with Gasteiger partial charge in [-0.2, -0.15) is 0 Å². The molecule has 3 nitrogen and oxygen atoms in total. The fourth-order valence-corrected chi connectivity index (χ4v) is 2.52. The van der Waals surface area contributed by atoms with Crippen molar-refractivity contribution in [2.45, 2.75) is 32.2 Å². The Morgan fingerprint density at radius 3 is 2.94 bits per heavy atom. The zero-order valence-corrected chi connectivity index (χ0v) is 10.8. The van der Waals surface area contributed by atoms with Crippen molar-refractivity contribution in [3.05, 3.63) is 47.3 Å². The summed E-state index contributed by atoms with van der Waals surface area (Å²) >= 11 is 0. The first-order chi connectivity index (χ1) is 8.56. The van der Waals surface area contributed by atoms with Crippen LogP contribution in [0.2, 0.25) is 0 Å². The number of benzene rings is 1. The molecule has 0 aliphatic heterocycles. The molecule has 1 aliphatic rings. The molecule has 0 saturated heterocycles. The van der Waals surface area contributed by atoms with Gasteiger partial charge in [0, 0.05) is 11.8 Å². The van der Waals surface area contributed by atoms with E-state index in [1.54, 1.807) is 0 Å². The molecule has 2 aromatic rings. The summed E-state index contributed by atoms with van der Waals surface area (Å²) in [7, 11) is 0. The SMILES string of the molecule is Cc1cccc(-c2ncc3c(n2)C(C)(N)CC3)c1. The van der Waals surface area contributed by atoms with Crippen LogP contribution in [0.4, 0.5) is 0 Å². The Morgan fingerprint density at radius 1 is 1.33 bits per heavy atom. The Hall–Kier alpha value is -1.74. The summed E-state index contributed by atoms with van der Waals surface area (Å²) < 4.78 is 0. The molecule has 0 bridgehead atoms. The van der Waals surface area contributed by atoms with E-state index < -0.39 is 0 Å². The maximum absolute atomic E-state index is 6.28. The number of rotatable bonds is 1. The Kier molecular flexibility index (Phi) is 2.45. The van der Waals surface area contributed by atoms with E-state index in [1.807, 2.05) is 25.3 Å². The van der Waals surface area contributed by atoms with Crippen LogP contribution in [-0.2, 0) is 12.0 Å². The van der Waals surface area contributed by atoms with E-state index >= 15 is 0 Å². The van der Waals surface area contributed by atoms with Gasteiger partial charge in [-0.3, -0.25) is 0 Å². The van der Waals surface area contributed by atoms with E-state index in [9.17, 15) is 0 Å². The summed E-state index contributed by atoms with van der Waals surface area (Å²) in [6, 6.07) is 8.24. The van der Waals surface area contributed by atoms with Crippen LogP contribution in [0.3, 0.4) is 0 Å². The quantitative estimate of drug-likeness (QED) is 0.832. The van der Waals surface area contributed by atoms with Crippen LogP contribution in [0.5, 0.6) is 0 Å². The first-order valence-electron chi connectivity index (χ1n) is 6.28. The smallest absolute Gasteiger partial charge is 0.159 e. The highest BCUT2D eigenvalue weighted by atomic mass is 14.9. The first-order valence-corrected chi connectivity index (χ1v) is 6.28. The van der Waals surface area contributed by atoms with Gasteiger partial charge >= 0.3 is 0 Å². The molecular weight excluding hydrogens is 222 g/mol. The molecule has 1 aliphatic carbocycles. The normalized spacial score (nSPS) is 21.9. The predicted molar refractivity (Wildman–Crippen MR) is 72.1 cm³/mol. The van der Waals surface area contributed by atoms with Crippen molar-refractivity contribution in [1.82, 2.24) is 9.97 Å². The highest BCUT2D eigenvalue weighted by Crippen LogP contribution is 2.33. The van der Waals surface area contributed by atoms with Crippen LogP contribution in [-0.4, -0.2) is 9.97 Å². The minimum absolute atomic E-state index is 0.309. The second-order valence-corrected chi connectivity index (χ2v) is 5.35. The third-order valence-corrected chi connectivity index (χ3v) is 3.60. The molecule has 1 unspecified atom stereocenters. The lowest BCUT2D eigenvalue weighted by Crippen LogP contribution is -2.31. The van der Waals surface area contributed by atoms with E-state index in [4.69, 9.17) is 5.73 Å². The molecule has 3 rings (SSSR count). The van der Waals surface area contributed by atoms with E-state index in [0.29, 0.717) is 0 Å². The average Bonchev–Trinajstić information content (AvgIpc) is 2.65. The molecular formula is C15H17N3. The van der Waals surface area contributed by atoms with Crippen molar-refractivity contribution in [1.29, 1.82) is 0 Å². The second kappa shape index (κ2) is 3.89. The fraction of sp³-hybridized carbons (Fsp3) is 0.333. The van der Waals surface area contributed by atoms with E-state index in [2.05, 4.69) is 29.0 Å². The molecule has 92 valence electrons. The first kappa shape index (κ1) is 11.4. The van der Waals surface area contributed by atoms with Crippen molar-refractivity contribution in [3.63, 3.8) is 0 Å². The number of aryl methyl sites for hydroxylation is 2. The lowest BCUT2D eigenvalue weighted by molar-refractivity contribution is 0.480. The molecule has 0 radical (unpaired) electrons. The predicted octanol–water partition coefficient (Wildman–Crippen LogP) is 2.57. The van der Waals surface area contributed by atoms with Gasteiger partial charge in [0.2, 0.25) is 0 Å². The molecule has 1 heterocycles. The van der Waals surface area contributed by atoms with Crippen LogP contribution >= 0.6 is 0 Å². The maximum atomic E-state index is 6.28. The zero-order valence-electron chi connectivity index (χ0n) is 10.8. The highest BCUT2D eigenvalue weighted by molar-refractivity contribution is 5.56. The third kappa shape index (κ3) is 1.81. The molecule has 1 aromatic heterocycles. The van der Waals surface area contributed by atoms with Crippen LogP contribution in [0.15, 0.2) is 30.5 Å². The highest BCUT2D eigenvalue weighted by Gasteiger charge is 2.32. The fourth-order valence-electron chi connectivity index (χ4n) is 2.52. The van der Waals surface area contributed by atoms with E-state index in [-0.39, 0.29) is 5.54 Å². The van der Waals surface area contributed by atoms with Crippen molar-refractivity contribution in [2.75, 3.05) is 0 Å². The monoisotopic (exact) mass is 239 g/mol. The molecule has 0 saturated carbocycles. The van der Waals surface area contributed by atoms with Crippen molar-refractivity contribution < 1.29 is 0 Å².